The molecule has 0 aromatic heterocycles. The molecule has 4 nitrogen and oxygen atoms in total. The van der Waals surface area contributed by atoms with Crippen LogP contribution < -0.4 is 0 Å². The van der Waals surface area contributed by atoms with Gasteiger partial charge < -0.3 is 10.0 Å². The molecular formula is C18H25NO3. The summed E-state index contributed by atoms with van der Waals surface area (Å²) in [5, 5.41) is 9.40. The molecule has 0 heterocycles. The summed E-state index contributed by atoms with van der Waals surface area (Å²) in [5.41, 5.74) is 0.961. The molecule has 0 unspecified atom stereocenters. The fourth-order valence-electron chi connectivity index (χ4n) is 3.17. The summed E-state index contributed by atoms with van der Waals surface area (Å²) in [4.78, 5) is 25.7. The van der Waals surface area contributed by atoms with Gasteiger partial charge in [0, 0.05) is 19.5 Å². The minimum atomic E-state index is -0.894. The van der Waals surface area contributed by atoms with Crippen LogP contribution in [-0.4, -0.2) is 35.0 Å². The molecule has 1 atom stereocenters. The van der Waals surface area contributed by atoms with Crippen LogP contribution in [-0.2, 0) is 16.0 Å². The molecule has 0 bridgehead atoms. The van der Waals surface area contributed by atoms with Crippen molar-refractivity contribution in [3.8, 4) is 0 Å². The second kappa shape index (κ2) is 7.97. The van der Waals surface area contributed by atoms with E-state index in [1.807, 2.05) is 37.4 Å². The fourth-order valence-corrected chi connectivity index (χ4v) is 3.17. The number of nitrogens with zero attached hydrogens (tertiary/aromatic N) is 1. The summed E-state index contributed by atoms with van der Waals surface area (Å²) in [6, 6.07) is 9.79. The van der Waals surface area contributed by atoms with Gasteiger partial charge in [0.2, 0.25) is 5.91 Å². The Labute approximate surface area is 132 Å². The molecule has 120 valence electrons. The first kappa shape index (κ1) is 16.5. The van der Waals surface area contributed by atoms with Crippen LogP contribution in [0.5, 0.6) is 0 Å². The van der Waals surface area contributed by atoms with Gasteiger partial charge in [0.15, 0.2) is 0 Å². The molecule has 1 aliphatic rings. The smallest absolute Gasteiger partial charge is 0.307 e. The lowest BCUT2D eigenvalue weighted by Crippen LogP contribution is -2.40. The molecule has 1 amide bonds. The van der Waals surface area contributed by atoms with Crippen LogP contribution in [0.1, 0.15) is 44.1 Å². The second-order valence-electron chi connectivity index (χ2n) is 6.23. The summed E-state index contributed by atoms with van der Waals surface area (Å²) in [6.45, 7) is 0. The van der Waals surface area contributed by atoms with E-state index in [-0.39, 0.29) is 18.4 Å². The third kappa shape index (κ3) is 4.58. The number of carboxylic acids is 1. The Bertz CT molecular complexity index is 494. The molecule has 0 spiro atoms. The summed E-state index contributed by atoms with van der Waals surface area (Å²) in [7, 11) is 1.82. The number of hydrogen-bond donors (Lipinski definition) is 1. The van der Waals surface area contributed by atoms with E-state index in [1.54, 1.807) is 4.90 Å². The highest BCUT2D eigenvalue weighted by molar-refractivity contribution is 5.82. The summed E-state index contributed by atoms with van der Waals surface area (Å²) >= 11 is 0. The van der Waals surface area contributed by atoms with Crippen molar-refractivity contribution in [2.45, 2.75) is 51.0 Å². The molecule has 1 aromatic carbocycles. The van der Waals surface area contributed by atoms with E-state index >= 15 is 0 Å². The lowest BCUT2D eigenvalue weighted by Gasteiger charge is -2.32. The maximum absolute atomic E-state index is 12.4. The van der Waals surface area contributed by atoms with Gasteiger partial charge in [0.1, 0.15) is 0 Å². The minimum Gasteiger partial charge on any atom is -0.481 e. The van der Waals surface area contributed by atoms with Crippen molar-refractivity contribution >= 4 is 11.9 Å². The lowest BCUT2D eigenvalue weighted by atomic mass is 9.92. The van der Waals surface area contributed by atoms with Gasteiger partial charge >= 0.3 is 5.97 Å². The molecule has 1 aromatic rings. The molecular weight excluding hydrogens is 278 g/mol. The van der Waals surface area contributed by atoms with Crippen molar-refractivity contribution in [2.75, 3.05) is 7.05 Å². The van der Waals surface area contributed by atoms with E-state index < -0.39 is 11.9 Å². The zero-order valence-corrected chi connectivity index (χ0v) is 13.2. The number of aliphatic carboxylic acids is 1. The minimum absolute atomic E-state index is 0.0461. The standard InChI is InChI=1S/C18H25NO3/c1-19(16-10-6-3-7-11-16)17(20)13-15(18(21)22)12-14-8-4-2-5-9-14/h2,4-5,8-9,15-16H,3,6-7,10-13H2,1H3,(H,21,22)/t15-/m1/s1. The second-order valence-corrected chi connectivity index (χ2v) is 6.23. The summed E-state index contributed by atoms with van der Waals surface area (Å²) < 4.78 is 0. The number of carbonyl (C=O) groups excluding carboxylic acids is 1. The molecule has 0 aliphatic heterocycles. The quantitative estimate of drug-likeness (QED) is 0.878. The predicted molar refractivity (Wildman–Crippen MR) is 85.5 cm³/mol. The van der Waals surface area contributed by atoms with Crippen LogP contribution in [0, 0.1) is 5.92 Å². The van der Waals surface area contributed by atoms with Gasteiger partial charge in [-0.05, 0) is 24.8 Å². The van der Waals surface area contributed by atoms with Gasteiger partial charge in [-0.1, -0.05) is 49.6 Å². The van der Waals surface area contributed by atoms with Crippen molar-refractivity contribution < 1.29 is 14.7 Å². The lowest BCUT2D eigenvalue weighted by molar-refractivity contribution is -0.146. The van der Waals surface area contributed by atoms with Gasteiger partial charge in [0.25, 0.3) is 0 Å². The van der Waals surface area contributed by atoms with Gasteiger partial charge in [-0.2, -0.15) is 0 Å². The van der Waals surface area contributed by atoms with Crippen molar-refractivity contribution in [1.29, 1.82) is 0 Å². The highest BCUT2D eigenvalue weighted by Crippen LogP contribution is 2.23. The van der Waals surface area contributed by atoms with Crippen LogP contribution in [0.2, 0.25) is 0 Å². The van der Waals surface area contributed by atoms with Gasteiger partial charge in [0.05, 0.1) is 5.92 Å². The molecule has 22 heavy (non-hydrogen) atoms. The molecule has 1 fully saturated rings. The number of amides is 1. The van der Waals surface area contributed by atoms with Gasteiger partial charge in [-0.25, -0.2) is 0 Å². The summed E-state index contributed by atoms with van der Waals surface area (Å²) in [5.74, 6) is -1.59. The van der Waals surface area contributed by atoms with Gasteiger partial charge in [-0.15, -0.1) is 0 Å². The number of carboxylic acid groups (broad SMARTS) is 1. The third-order valence-corrected chi connectivity index (χ3v) is 4.61. The average molecular weight is 303 g/mol. The normalized spacial score (nSPS) is 17.0. The van der Waals surface area contributed by atoms with Crippen molar-refractivity contribution in [3.63, 3.8) is 0 Å². The molecule has 1 saturated carbocycles. The number of rotatable bonds is 6. The first-order chi connectivity index (χ1) is 10.6. The van der Waals surface area contributed by atoms with Crippen LogP contribution in [0.25, 0.3) is 0 Å². The van der Waals surface area contributed by atoms with E-state index in [9.17, 15) is 14.7 Å². The zero-order valence-electron chi connectivity index (χ0n) is 13.2. The van der Waals surface area contributed by atoms with Gasteiger partial charge in [-0.3, -0.25) is 9.59 Å². The maximum atomic E-state index is 12.4. The topological polar surface area (TPSA) is 57.6 Å². The average Bonchev–Trinajstić information content (AvgIpc) is 2.55. The molecule has 1 aliphatic carbocycles. The Hall–Kier alpha value is -1.84. The largest absolute Gasteiger partial charge is 0.481 e. The highest BCUT2D eigenvalue weighted by atomic mass is 16.4. The first-order valence-electron chi connectivity index (χ1n) is 8.10. The fraction of sp³-hybridized carbons (Fsp3) is 0.556. The van der Waals surface area contributed by atoms with Crippen LogP contribution in [0.4, 0.5) is 0 Å². The molecule has 4 heteroatoms. The number of hydrogen-bond acceptors (Lipinski definition) is 2. The summed E-state index contributed by atoms with van der Waals surface area (Å²) in [6.07, 6.45) is 6.13. The Morgan fingerprint density at radius 2 is 1.82 bits per heavy atom. The van der Waals surface area contributed by atoms with E-state index in [4.69, 9.17) is 0 Å². The SMILES string of the molecule is CN(C(=O)C[C@@H](Cc1ccccc1)C(=O)O)C1CCCCC1. The number of benzene rings is 1. The monoisotopic (exact) mass is 303 g/mol. The van der Waals surface area contributed by atoms with Crippen LogP contribution >= 0.6 is 0 Å². The van der Waals surface area contributed by atoms with Crippen molar-refractivity contribution in [3.05, 3.63) is 35.9 Å². The van der Waals surface area contributed by atoms with Crippen molar-refractivity contribution in [1.82, 2.24) is 4.90 Å². The highest BCUT2D eigenvalue weighted by Gasteiger charge is 2.27. The Morgan fingerprint density at radius 1 is 1.18 bits per heavy atom. The predicted octanol–water partition coefficient (Wildman–Crippen LogP) is 3.11. The van der Waals surface area contributed by atoms with Crippen LogP contribution in [0.3, 0.4) is 0 Å². The van der Waals surface area contributed by atoms with E-state index in [2.05, 4.69) is 0 Å². The third-order valence-electron chi connectivity index (χ3n) is 4.61. The van der Waals surface area contributed by atoms with Crippen molar-refractivity contribution in [2.24, 2.45) is 5.92 Å². The van der Waals surface area contributed by atoms with E-state index in [1.165, 1.54) is 6.42 Å². The molecule has 2 rings (SSSR count). The Kier molecular flexibility index (Phi) is 5.99. The maximum Gasteiger partial charge on any atom is 0.307 e. The Morgan fingerprint density at radius 3 is 2.41 bits per heavy atom. The van der Waals surface area contributed by atoms with Crippen LogP contribution in [0.15, 0.2) is 30.3 Å². The molecule has 0 radical (unpaired) electrons. The zero-order chi connectivity index (χ0) is 15.9. The number of carbonyl (C=O) groups is 2. The molecule has 0 saturated heterocycles. The molecule has 1 N–H and O–H groups in total. The Balaban J connectivity index is 1.95. The van der Waals surface area contributed by atoms with E-state index in [0.29, 0.717) is 6.42 Å². The van der Waals surface area contributed by atoms with E-state index in [0.717, 1.165) is 31.2 Å². The first-order valence-corrected chi connectivity index (χ1v) is 8.10.